The summed E-state index contributed by atoms with van der Waals surface area (Å²) in [5, 5.41) is 8.24. The molecule has 0 saturated carbocycles. The quantitative estimate of drug-likeness (QED) is 0.296. The lowest BCUT2D eigenvalue weighted by Gasteiger charge is -2.04. The van der Waals surface area contributed by atoms with Crippen LogP contribution in [0.5, 0.6) is 0 Å². The molecule has 0 heterocycles. The Morgan fingerprint density at radius 3 is 2.82 bits per heavy atom. The Bertz CT molecular complexity index is 171. The van der Waals surface area contributed by atoms with Crippen LogP contribution in [0.15, 0.2) is 4.99 Å². The van der Waals surface area contributed by atoms with Gasteiger partial charge in [-0.1, -0.05) is 0 Å². The predicted octanol–water partition coefficient (Wildman–Crippen LogP) is -0.953. The lowest BCUT2D eigenvalue weighted by atomic mass is 10.4. The molecule has 0 aromatic carbocycles. The number of hydrogen-bond acceptors (Lipinski definition) is 3. The van der Waals surface area contributed by atoms with Gasteiger partial charge in [0.2, 0.25) is 5.96 Å². The number of aliphatic imine (C=N–C) groups is 1. The van der Waals surface area contributed by atoms with Crippen LogP contribution in [-0.2, 0) is 10.8 Å². The molecular formula is C5H13N3O2S. The van der Waals surface area contributed by atoms with Crippen molar-refractivity contribution < 1.29 is 9.42 Å². The van der Waals surface area contributed by atoms with Crippen LogP contribution in [0, 0.1) is 0 Å². The molecule has 5 nitrogen and oxygen atoms in total. The van der Waals surface area contributed by atoms with E-state index in [-0.39, 0.29) is 12.0 Å². The van der Waals surface area contributed by atoms with Crippen molar-refractivity contribution >= 4 is 16.8 Å². The molecule has 0 aromatic rings. The van der Waals surface area contributed by atoms with Crippen molar-refractivity contribution in [3.8, 4) is 0 Å². The number of hydroxylamine groups is 1. The lowest BCUT2D eigenvalue weighted by molar-refractivity contribution is 0.232. The van der Waals surface area contributed by atoms with Crippen LogP contribution >= 0.6 is 0 Å². The Labute approximate surface area is 68.1 Å². The fourth-order valence-electron chi connectivity index (χ4n) is 0.643. The predicted molar refractivity (Wildman–Crippen MR) is 44.9 cm³/mol. The van der Waals surface area contributed by atoms with E-state index in [1.165, 1.54) is 0 Å². The standard InChI is InChI=1S/C5H13N3O2S/c1-4(3-11(2)10)7-5(6)8-9/h4,9H,3H2,1-2H3,(H3,6,7,8). The van der Waals surface area contributed by atoms with Gasteiger partial charge in [-0.2, -0.15) is 0 Å². The topological polar surface area (TPSA) is 87.7 Å². The second-order valence-electron chi connectivity index (χ2n) is 2.22. The molecule has 66 valence electrons. The van der Waals surface area contributed by atoms with Gasteiger partial charge >= 0.3 is 0 Å². The lowest BCUT2D eigenvalue weighted by Crippen LogP contribution is -2.30. The molecule has 0 saturated heterocycles. The third-order valence-corrected chi connectivity index (χ3v) is 1.90. The highest BCUT2D eigenvalue weighted by molar-refractivity contribution is 7.84. The monoisotopic (exact) mass is 179 g/mol. The smallest absolute Gasteiger partial charge is 0.213 e. The molecular weight excluding hydrogens is 166 g/mol. The van der Waals surface area contributed by atoms with E-state index in [2.05, 4.69) is 4.99 Å². The fourth-order valence-corrected chi connectivity index (χ4v) is 1.40. The largest absolute Gasteiger partial charge is 0.368 e. The molecule has 2 unspecified atom stereocenters. The van der Waals surface area contributed by atoms with Crippen molar-refractivity contribution in [1.29, 1.82) is 0 Å². The summed E-state index contributed by atoms with van der Waals surface area (Å²) in [6.07, 6.45) is 1.59. The second kappa shape index (κ2) is 5.09. The first-order chi connectivity index (χ1) is 5.06. The van der Waals surface area contributed by atoms with Gasteiger partial charge in [0.25, 0.3) is 0 Å². The molecule has 0 rings (SSSR count). The van der Waals surface area contributed by atoms with Crippen molar-refractivity contribution in [3.05, 3.63) is 0 Å². The van der Waals surface area contributed by atoms with Gasteiger partial charge in [0.05, 0.1) is 6.04 Å². The Morgan fingerprint density at radius 2 is 2.45 bits per heavy atom. The first-order valence-electron chi connectivity index (χ1n) is 3.09. The van der Waals surface area contributed by atoms with Gasteiger partial charge in [0.1, 0.15) is 0 Å². The summed E-state index contributed by atoms with van der Waals surface area (Å²) in [6, 6.07) is -0.138. The molecule has 0 aliphatic heterocycles. The summed E-state index contributed by atoms with van der Waals surface area (Å²) in [5.74, 6) is 0.394. The summed E-state index contributed by atoms with van der Waals surface area (Å²) >= 11 is 0. The number of rotatable bonds is 3. The second-order valence-corrected chi connectivity index (χ2v) is 3.69. The maximum absolute atomic E-state index is 10.6. The number of nitrogens with zero attached hydrogens (tertiary/aromatic N) is 1. The molecule has 0 aromatic heterocycles. The van der Waals surface area contributed by atoms with Crippen molar-refractivity contribution in [2.45, 2.75) is 13.0 Å². The van der Waals surface area contributed by atoms with Gasteiger partial charge in [-0.25, -0.2) is 10.5 Å². The van der Waals surface area contributed by atoms with Crippen LogP contribution in [0.3, 0.4) is 0 Å². The van der Waals surface area contributed by atoms with E-state index in [9.17, 15) is 4.21 Å². The average Bonchev–Trinajstić information content (AvgIpc) is 1.85. The van der Waals surface area contributed by atoms with E-state index < -0.39 is 10.8 Å². The van der Waals surface area contributed by atoms with E-state index in [4.69, 9.17) is 10.9 Å². The van der Waals surface area contributed by atoms with E-state index in [0.717, 1.165) is 0 Å². The fraction of sp³-hybridized carbons (Fsp3) is 0.800. The van der Waals surface area contributed by atoms with E-state index in [1.807, 2.05) is 0 Å². The third-order valence-electron chi connectivity index (χ3n) is 0.950. The Balaban J connectivity index is 3.85. The first-order valence-corrected chi connectivity index (χ1v) is 4.82. The molecule has 0 aliphatic rings. The summed E-state index contributed by atoms with van der Waals surface area (Å²) in [6.45, 7) is 1.77. The van der Waals surface area contributed by atoms with Crippen molar-refractivity contribution in [1.82, 2.24) is 5.48 Å². The van der Waals surface area contributed by atoms with Gasteiger partial charge in [0, 0.05) is 22.8 Å². The molecule has 2 atom stereocenters. The SMILES string of the molecule is CC(CS(C)=O)N=C(N)NO. The number of guanidine groups is 1. The number of nitrogens with one attached hydrogen (secondary N) is 1. The van der Waals surface area contributed by atoms with Gasteiger partial charge in [0.15, 0.2) is 0 Å². The van der Waals surface area contributed by atoms with Gasteiger partial charge in [-0.3, -0.25) is 9.42 Å². The molecule has 0 radical (unpaired) electrons. The highest BCUT2D eigenvalue weighted by atomic mass is 32.2. The van der Waals surface area contributed by atoms with Crippen LogP contribution in [0.4, 0.5) is 0 Å². The highest BCUT2D eigenvalue weighted by Crippen LogP contribution is 1.90. The summed E-state index contributed by atoms with van der Waals surface area (Å²) < 4.78 is 10.6. The average molecular weight is 179 g/mol. The first kappa shape index (κ1) is 10.4. The normalized spacial score (nSPS) is 17.5. The van der Waals surface area contributed by atoms with Crippen LogP contribution in [0.2, 0.25) is 0 Å². The highest BCUT2D eigenvalue weighted by Gasteiger charge is 2.01. The summed E-state index contributed by atoms with van der Waals surface area (Å²) in [5.41, 5.74) is 6.84. The maximum Gasteiger partial charge on any atom is 0.213 e. The summed E-state index contributed by atoms with van der Waals surface area (Å²) in [7, 11) is -0.886. The van der Waals surface area contributed by atoms with E-state index >= 15 is 0 Å². The Kier molecular flexibility index (Phi) is 4.80. The number of nitrogens with two attached hydrogens (primary N) is 1. The minimum atomic E-state index is -0.886. The molecule has 0 spiro atoms. The zero-order chi connectivity index (χ0) is 8.85. The van der Waals surface area contributed by atoms with Crippen LogP contribution in [-0.4, -0.2) is 33.4 Å². The maximum atomic E-state index is 10.6. The minimum absolute atomic E-state index is 0.0528. The van der Waals surface area contributed by atoms with E-state index in [0.29, 0.717) is 5.75 Å². The molecule has 4 N–H and O–H groups in total. The molecule has 11 heavy (non-hydrogen) atoms. The molecule has 0 fully saturated rings. The molecule has 0 bridgehead atoms. The van der Waals surface area contributed by atoms with Crippen molar-refractivity contribution in [2.75, 3.05) is 12.0 Å². The zero-order valence-corrected chi connectivity index (χ0v) is 7.39. The Morgan fingerprint density at radius 1 is 1.91 bits per heavy atom. The van der Waals surface area contributed by atoms with Gasteiger partial charge in [-0.05, 0) is 6.92 Å². The molecule has 0 aliphatic carbocycles. The number of hydrogen-bond donors (Lipinski definition) is 3. The van der Waals surface area contributed by atoms with Crippen LogP contribution < -0.4 is 11.2 Å². The molecule has 0 amide bonds. The van der Waals surface area contributed by atoms with Crippen molar-refractivity contribution in [2.24, 2.45) is 10.7 Å². The van der Waals surface area contributed by atoms with Gasteiger partial charge < -0.3 is 5.73 Å². The van der Waals surface area contributed by atoms with Crippen LogP contribution in [0.25, 0.3) is 0 Å². The van der Waals surface area contributed by atoms with Crippen LogP contribution in [0.1, 0.15) is 6.92 Å². The molecule has 6 heteroatoms. The van der Waals surface area contributed by atoms with E-state index in [1.54, 1.807) is 18.7 Å². The zero-order valence-electron chi connectivity index (χ0n) is 6.57. The van der Waals surface area contributed by atoms with Gasteiger partial charge in [-0.15, -0.1) is 0 Å². The Hall–Kier alpha value is -0.620. The summed E-state index contributed by atoms with van der Waals surface area (Å²) in [4.78, 5) is 3.78. The van der Waals surface area contributed by atoms with Crippen molar-refractivity contribution in [3.63, 3.8) is 0 Å². The third kappa shape index (κ3) is 5.81. The minimum Gasteiger partial charge on any atom is -0.368 e.